The van der Waals surface area contributed by atoms with E-state index < -0.39 is 0 Å². The molecule has 1 fully saturated rings. The molecule has 1 aromatic carbocycles. The number of pyridine rings is 2. The molecule has 0 bridgehead atoms. The number of para-hydroxylation sites is 1. The molecule has 1 saturated heterocycles. The minimum atomic E-state index is 0.697. The normalized spacial score (nSPS) is 14.8. The average molecular weight is 411 g/mol. The Morgan fingerprint density at radius 3 is 2.42 bits per heavy atom. The van der Waals surface area contributed by atoms with E-state index in [0.717, 1.165) is 61.0 Å². The predicted molar refractivity (Wildman–Crippen MR) is 124 cm³/mol. The number of benzene rings is 1. The van der Waals surface area contributed by atoms with E-state index in [2.05, 4.69) is 62.9 Å². The van der Waals surface area contributed by atoms with Gasteiger partial charge in [-0.05, 0) is 37.6 Å². The Balaban J connectivity index is 1.33. The number of piperazine rings is 1. The molecule has 3 aromatic heterocycles. The van der Waals surface area contributed by atoms with Crippen LogP contribution in [0.15, 0.2) is 60.9 Å². The molecule has 6 heteroatoms. The number of nitrogens with zero attached hydrogens (tertiary/aromatic N) is 6. The molecule has 0 aliphatic carbocycles. The zero-order valence-electron chi connectivity index (χ0n) is 18.0. The number of fused-ring (bicyclic) bond motifs is 1. The Labute approximate surface area is 182 Å². The van der Waals surface area contributed by atoms with Crippen molar-refractivity contribution in [3.63, 3.8) is 0 Å². The van der Waals surface area contributed by atoms with Crippen LogP contribution in [0.4, 0.5) is 5.82 Å². The second kappa shape index (κ2) is 8.40. The summed E-state index contributed by atoms with van der Waals surface area (Å²) in [7, 11) is 0. The van der Waals surface area contributed by atoms with Crippen LogP contribution in [0.25, 0.3) is 22.4 Å². The number of hydrogen-bond donors (Lipinski definition) is 0. The monoisotopic (exact) mass is 410 g/mol. The lowest BCUT2D eigenvalue weighted by molar-refractivity contribution is 0.250. The van der Waals surface area contributed by atoms with Crippen LogP contribution in [0.3, 0.4) is 0 Å². The predicted octanol–water partition coefficient (Wildman–Crippen LogP) is 4.03. The molecule has 6 nitrogen and oxygen atoms in total. The van der Waals surface area contributed by atoms with E-state index in [1.54, 1.807) is 6.20 Å². The Morgan fingerprint density at radius 2 is 1.61 bits per heavy atom. The molecule has 31 heavy (non-hydrogen) atoms. The quantitative estimate of drug-likeness (QED) is 0.506. The van der Waals surface area contributed by atoms with E-state index in [1.807, 2.05) is 30.5 Å². The molecule has 1 aliphatic rings. The van der Waals surface area contributed by atoms with Crippen LogP contribution in [-0.4, -0.2) is 51.0 Å². The van der Waals surface area contributed by atoms with Crippen molar-refractivity contribution < 1.29 is 0 Å². The van der Waals surface area contributed by atoms with Crippen molar-refractivity contribution in [3.8, 4) is 11.5 Å². The van der Waals surface area contributed by atoms with Gasteiger partial charge in [-0.2, -0.15) is 0 Å². The fourth-order valence-electron chi connectivity index (χ4n) is 4.18. The number of rotatable bonds is 4. The standard InChI is InChI=1S/C25H26N6/c1-18-19(2)28-24(22-10-3-4-11-26-22)29-25(18)31-15-13-30(14-16-31)17-21-8-5-7-20-9-6-12-27-23(20)21/h3-12H,13-17H2,1-2H3. The summed E-state index contributed by atoms with van der Waals surface area (Å²) in [6.45, 7) is 8.95. The van der Waals surface area contributed by atoms with Crippen LogP contribution in [0.1, 0.15) is 16.8 Å². The topological polar surface area (TPSA) is 58.0 Å². The first-order valence-electron chi connectivity index (χ1n) is 10.8. The first-order valence-corrected chi connectivity index (χ1v) is 10.8. The van der Waals surface area contributed by atoms with Gasteiger partial charge >= 0.3 is 0 Å². The Hall–Kier alpha value is -3.38. The molecule has 0 N–H and O–H groups in total. The van der Waals surface area contributed by atoms with E-state index in [1.165, 1.54) is 10.9 Å². The molecule has 156 valence electrons. The van der Waals surface area contributed by atoms with Crippen molar-refractivity contribution in [1.82, 2.24) is 24.8 Å². The average Bonchev–Trinajstić information content (AvgIpc) is 2.82. The summed E-state index contributed by atoms with van der Waals surface area (Å²) in [5.74, 6) is 1.72. The lowest BCUT2D eigenvalue weighted by Gasteiger charge is -2.36. The highest BCUT2D eigenvalue weighted by molar-refractivity contribution is 5.81. The van der Waals surface area contributed by atoms with E-state index in [9.17, 15) is 0 Å². The summed E-state index contributed by atoms with van der Waals surface area (Å²) in [6, 6.07) is 16.4. The highest BCUT2D eigenvalue weighted by atomic mass is 15.3. The molecule has 0 unspecified atom stereocenters. The Kier molecular flexibility index (Phi) is 5.30. The van der Waals surface area contributed by atoms with Crippen molar-refractivity contribution in [2.45, 2.75) is 20.4 Å². The first kappa shape index (κ1) is 19.6. The summed E-state index contributed by atoms with van der Waals surface area (Å²) >= 11 is 0. The third-order valence-electron chi connectivity index (χ3n) is 6.04. The van der Waals surface area contributed by atoms with Gasteiger partial charge in [0.25, 0.3) is 0 Å². The van der Waals surface area contributed by atoms with Crippen LogP contribution >= 0.6 is 0 Å². The number of aromatic nitrogens is 4. The first-order chi connectivity index (χ1) is 15.2. The minimum absolute atomic E-state index is 0.697. The molecule has 1 aliphatic heterocycles. The Morgan fingerprint density at radius 1 is 0.806 bits per heavy atom. The molecule has 0 saturated carbocycles. The fourth-order valence-corrected chi connectivity index (χ4v) is 4.18. The van der Waals surface area contributed by atoms with Gasteiger partial charge in [-0.1, -0.05) is 30.3 Å². The molecule has 0 atom stereocenters. The van der Waals surface area contributed by atoms with Gasteiger partial charge in [-0.25, -0.2) is 9.97 Å². The largest absolute Gasteiger partial charge is 0.354 e. The Bertz CT molecular complexity index is 1190. The third-order valence-corrected chi connectivity index (χ3v) is 6.04. The maximum absolute atomic E-state index is 4.90. The van der Waals surface area contributed by atoms with Crippen molar-refractivity contribution >= 4 is 16.7 Å². The second-order valence-electron chi connectivity index (χ2n) is 8.05. The molecule has 4 aromatic rings. The van der Waals surface area contributed by atoms with Gasteiger partial charge in [0, 0.05) is 61.8 Å². The smallest absolute Gasteiger partial charge is 0.180 e. The van der Waals surface area contributed by atoms with Gasteiger partial charge in [0.2, 0.25) is 0 Å². The van der Waals surface area contributed by atoms with Gasteiger partial charge in [0.15, 0.2) is 5.82 Å². The number of hydrogen-bond acceptors (Lipinski definition) is 6. The SMILES string of the molecule is Cc1nc(-c2ccccn2)nc(N2CCN(Cc3cccc4cccnc34)CC2)c1C. The molecule has 0 amide bonds. The number of anilines is 1. The second-order valence-corrected chi connectivity index (χ2v) is 8.05. The maximum atomic E-state index is 4.90. The zero-order valence-corrected chi connectivity index (χ0v) is 18.0. The highest BCUT2D eigenvalue weighted by Crippen LogP contribution is 2.25. The molecule has 5 rings (SSSR count). The molecular formula is C25H26N6. The molecule has 0 spiro atoms. The molecule has 4 heterocycles. The van der Waals surface area contributed by atoms with Gasteiger partial charge in [0.1, 0.15) is 11.5 Å². The fraction of sp³-hybridized carbons (Fsp3) is 0.280. The summed E-state index contributed by atoms with van der Waals surface area (Å²) < 4.78 is 0. The van der Waals surface area contributed by atoms with E-state index in [4.69, 9.17) is 4.98 Å². The lowest BCUT2D eigenvalue weighted by Crippen LogP contribution is -2.46. The van der Waals surface area contributed by atoms with E-state index >= 15 is 0 Å². The van der Waals surface area contributed by atoms with Crippen LogP contribution in [0.5, 0.6) is 0 Å². The third kappa shape index (κ3) is 3.99. The summed E-state index contributed by atoms with van der Waals surface area (Å²) in [6.07, 6.45) is 3.66. The van der Waals surface area contributed by atoms with Crippen molar-refractivity contribution in [3.05, 3.63) is 77.7 Å². The van der Waals surface area contributed by atoms with Crippen molar-refractivity contribution in [2.75, 3.05) is 31.1 Å². The van der Waals surface area contributed by atoms with E-state index in [0.29, 0.717) is 5.82 Å². The lowest BCUT2D eigenvalue weighted by atomic mass is 10.1. The van der Waals surface area contributed by atoms with E-state index in [-0.39, 0.29) is 0 Å². The number of aryl methyl sites for hydroxylation is 1. The van der Waals surface area contributed by atoms with Gasteiger partial charge < -0.3 is 4.90 Å². The van der Waals surface area contributed by atoms with Crippen molar-refractivity contribution in [2.24, 2.45) is 0 Å². The summed E-state index contributed by atoms with van der Waals surface area (Å²) in [4.78, 5) is 23.5. The van der Waals surface area contributed by atoms with Crippen LogP contribution in [0, 0.1) is 13.8 Å². The van der Waals surface area contributed by atoms with Crippen LogP contribution in [0.2, 0.25) is 0 Å². The van der Waals surface area contributed by atoms with Gasteiger partial charge in [-0.3, -0.25) is 14.9 Å². The summed E-state index contributed by atoms with van der Waals surface area (Å²) in [5.41, 5.74) is 5.36. The minimum Gasteiger partial charge on any atom is -0.354 e. The van der Waals surface area contributed by atoms with Gasteiger partial charge in [-0.15, -0.1) is 0 Å². The maximum Gasteiger partial charge on any atom is 0.180 e. The highest BCUT2D eigenvalue weighted by Gasteiger charge is 2.22. The van der Waals surface area contributed by atoms with Crippen molar-refractivity contribution in [1.29, 1.82) is 0 Å². The molecular weight excluding hydrogens is 384 g/mol. The van der Waals surface area contributed by atoms with Crippen LogP contribution < -0.4 is 4.90 Å². The van der Waals surface area contributed by atoms with Gasteiger partial charge in [0.05, 0.1) is 5.52 Å². The molecule has 0 radical (unpaired) electrons. The zero-order chi connectivity index (χ0) is 21.2. The van der Waals surface area contributed by atoms with Crippen LogP contribution in [-0.2, 0) is 6.54 Å². The summed E-state index contributed by atoms with van der Waals surface area (Å²) in [5, 5.41) is 1.20.